The van der Waals surface area contributed by atoms with Crippen molar-refractivity contribution in [1.82, 2.24) is 4.98 Å². The normalized spacial score (nSPS) is 10.4. The van der Waals surface area contributed by atoms with Gasteiger partial charge in [0.25, 0.3) is 5.91 Å². The Bertz CT molecular complexity index is 832. The van der Waals surface area contributed by atoms with E-state index in [0.29, 0.717) is 22.4 Å². The fourth-order valence-corrected chi connectivity index (χ4v) is 2.00. The van der Waals surface area contributed by atoms with Gasteiger partial charge in [-0.3, -0.25) is 4.79 Å². The molecule has 3 rings (SSSR count). The van der Waals surface area contributed by atoms with Crippen molar-refractivity contribution in [2.24, 2.45) is 0 Å². The zero-order valence-electron chi connectivity index (χ0n) is 12.3. The highest BCUT2D eigenvalue weighted by Gasteiger charge is 2.12. The highest BCUT2D eigenvalue weighted by Crippen LogP contribution is 2.16. The minimum atomic E-state index is -0.433. The second kappa shape index (κ2) is 7.14. The SMILES string of the molecule is O=C(Nc1ccc(Cl)cn1)c1ccc(COc2ccc(F)cc2)o1. The first-order chi connectivity index (χ1) is 11.6. The van der Waals surface area contributed by atoms with Crippen molar-refractivity contribution in [1.29, 1.82) is 0 Å². The van der Waals surface area contributed by atoms with Crippen LogP contribution in [0.4, 0.5) is 10.2 Å². The van der Waals surface area contributed by atoms with E-state index in [1.54, 1.807) is 18.2 Å². The third-order valence-electron chi connectivity index (χ3n) is 3.05. The lowest BCUT2D eigenvalue weighted by molar-refractivity contribution is 0.0992. The second-order valence-corrected chi connectivity index (χ2v) is 5.26. The number of anilines is 1. The zero-order chi connectivity index (χ0) is 16.9. The Morgan fingerprint density at radius 3 is 2.67 bits per heavy atom. The maximum absolute atomic E-state index is 12.8. The highest BCUT2D eigenvalue weighted by atomic mass is 35.5. The van der Waals surface area contributed by atoms with Crippen LogP contribution >= 0.6 is 11.6 Å². The number of nitrogens with zero attached hydrogens (tertiary/aromatic N) is 1. The van der Waals surface area contributed by atoms with Crippen LogP contribution in [0.25, 0.3) is 0 Å². The number of nitrogens with one attached hydrogen (secondary N) is 1. The van der Waals surface area contributed by atoms with E-state index in [1.807, 2.05) is 0 Å². The molecule has 1 N–H and O–H groups in total. The number of amides is 1. The Kier molecular flexibility index (Phi) is 4.77. The Morgan fingerprint density at radius 2 is 1.96 bits per heavy atom. The van der Waals surface area contributed by atoms with Crippen molar-refractivity contribution in [3.8, 4) is 5.75 Å². The van der Waals surface area contributed by atoms with E-state index < -0.39 is 5.91 Å². The van der Waals surface area contributed by atoms with Crippen LogP contribution in [-0.4, -0.2) is 10.9 Å². The molecule has 122 valence electrons. The van der Waals surface area contributed by atoms with Crippen LogP contribution in [0.15, 0.2) is 59.1 Å². The summed E-state index contributed by atoms with van der Waals surface area (Å²) < 4.78 is 23.7. The molecule has 0 unspecified atom stereocenters. The van der Waals surface area contributed by atoms with Gasteiger partial charge in [-0.1, -0.05) is 11.6 Å². The molecule has 1 amide bonds. The van der Waals surface area contributed by atoms with E-state index in [-0.39, 0.29) is 18.2 Å². The summed E-state index contributed by atoms with van der Waals surface area (Å²) in [6.07, 6.45) is 1.43. The third-order valence-corrected chi connectivity index (χ3v) is 3.27. The second-order valence-electron chi connectivity index (χ2n) is 4.82. The number of carbonyl (C=O) groups is 1. The molecule has 0 aliphatic carbocycles. The molecule has 0 saturated heterocycles. The number of benzene rings is 1. The quantitative estimate of drug-likeness (QED) is 0.748. The number of rotatable bonds is 5. The number of furan rings is 1. The molecule has 3 aromatic rings. The number of pyridine rings is 1. The number of halogens is 2. The molecule has 0 saturated carbocycles. The molecule has 2 aromatic heterocycles. The Balaban J connectivity index is 1.59. The Hall–Kier alpha value is -2.86. The van der Waals surface area contributed by atoms with Crippen LogP contribution in [0.2, 0.25) is 5.02 Å². The van der Waals surface area contributed by atoms with Gasteiger partial charge in [-0.25, -0.2) is 9.37 Å². The largest absolute Gasteiger partial charge is 0.486 e. The summed E-state index contributed by atoms with van der Waals surface area (Å²) in [7, 11) is 0. The van der Waals surface area contributed by atoms with Gasteiger partial charge in [-0.2, -0.15) is 0 Å². The summed E-state index contributed by atoms with van der Waals surface area (Å²) in [4.78, 5) is 16.0. The van der Waals surface area contributed by atoms with E-state index in [2.05, 4.69) is 10.3 Å². The molecule has 0 bridgehead atoms. The average Bonchev–Trinajstić information content (AvgIpc) is 3.06. The maximum Gasteiger partial charge on any atom is 0.292 e. The van der Waals surface area contributed by atoms with Gasteiger partial charge in [0.15, 0.2) is 5.76 Å². The number of carbonyl (C=O) groups excluding carboxylic acids is 1. The lowest BCUT2D eigenvalue weighted by Crippen LogP contribution is -2.11. The smallest absolute Gasteiger partial charge is 0.292 e. The van der Waals surface area contributed by atoms with Gasteiger partial charge < -0.3 is 14.5 Å². The summed E-state index contributed by atoms with van der Waals surface area (Å²) in [6, 6.07) is 12.0. The van der Waals surface area contributed by atoms with Crippen LogP contribution < -0.4 is 10.1 Å². The number of hydrogen-bond donors (Lipinski definition) is 1. The Labute approximate surface area is 142 Å². The fourth-order valence-electron chi connectivity index (χ4n) is 1.89. The predicted octanol–water partition coefficient (Wildman–Crippen LogP) is 4.30. The van der Waals surface area contributed by atoms with Crippen LogP contribution in [0.1, 0.15) is 16.3 Å². The molecule has 0 fully saturated rings. The van der Waals surface area contributed by atoms with Gasteiger partial charge >= 0.3 is 0 Å². The van der Waals surface area contributed by atoms with Crippen LogP contribution in [-0.2, 0) is 6.61 Å². The van der Waals surface area contributed by atoms with Gasteiger partial charge in [0.05, 0.1) is 5.02 Å². The molecule has 0 radical (unpaired) electrons. The van der Waals surface area contributed by atoms with Gasteiger partial charge in [-0.15, -0.1) is 0 Å². The molecule has 0 spiro atoms. The van der Waals surface area contributed by atoms with Crippen LogP contribution in [0, 0.1) is 5.82 Å². The molecule has 2 heterocycles. The molecule has 0 atom stereocenters. The van der Waals surface area contributed by atoms with E-state index in [1.165, 1.54) is 36.5 Å². The van der Waals surface area contributed by atoms with Gasteiger partial charge in [0.1, 0.15) is 29.8 Å². The highest BCUT2D eigenvalue weighted by molar-refractivity contribution is 6.30. The monoisotopic (exact) mass is 346 g/mol. The van der Waals surface area contributed by atoms with E-state index >= 15 is 0 Å². The Morgan fingerprint density at radius 1 is 1.17 bits per heavy atom. The van der Waals surface area contributed by atoms with E-state index in [4.69, 9.17) is 20.8 Å². The van der Waals surface area contributed by atoms with Gasteiger partial charge in [-0.05, 0) is 48.5 Å². The lowest BCUT2D eigenvalue weighted by atomic mass is 10.3. The third kappa shape index (κ3) is 4.11. The van der Waals surface area contributed by atoms with Crippen molar-refractivity contribution >= 4 is 23.3 Å². The minimum Gasteiger partial charge on any atom is -0.486 e. The summed E-state index contributed by atoms with van der Waals surface area (Å²) >= 11 is 5.73. The fraction of sp³-hybridized carbons (Fsp3) is 0.0588. The van der Waals surface area contributed by atoms with Crippen molar-refractivity contribution < 1.29 is 18.3 Å². The number of ether oxygens (including phenoxy) is 1. The summed E-state index contributed by atoms with van der Waals surface area (Å²) in [5.41, 5.74) is 0. The molecular formula is C17H12ClFN2O3. The molecular weight excluding hydrogens is 335 g/mol. The zero-order valence-corrected chi connectivity index (χ0v) is 13.1. The lowest BCUT2D eigenvalue weighted by Gasteiger charge is -2.04. The number of hydrogen-bond acceptors (Lipinski definition) is 4. The van der Waals surface area contributed by atoms with Crippen LogP contribution in [0.3, 0.4) is 0 Å². The predicted molar refractivity (Wildman–Crippen MR) is 86.6 cm³/mol. The minimum absolute atomic E-state index is 0.123. The van der Waals surface area contributed by atoms with Gasteiger partial charge in [0, 0.05) is 6.20 Å². The first kappa shape index (κ1) is 16.0. The molecule has 1 aromatic carbocycles. The molecule has 7 heteroatoms. The van der Waals surface area contributed by atoms with Crippen molar-refractivity contribution in [2.45, 2.75) is 6.61 Å². The summed E-state index contributed by atoms with van der Waals surface area (Å²) in [5, 5.41) is 3.07. The van der Waals surface area contributed by atoms with Crippen molar-refractivity contribution in [3.63, 3.8) is 0 Å². The topological polar surface area (TPSA) is 64.4 Å². The number of aromatic nitrogens is 1. The van der Waals surface area contributed by atoms with Crippen molar-refractivity contribution in [3.05, 3.63) is 77.1 Å². The van der Waals surface area contributed by atoms with E-state index in [9.17, 15) is 9.18 Å². The average molecular weight is 347 g/mol. The van der Waals surface area contributed by atoms with Gasteiger partial charge in [0.2, 0.25) is 0 Å². The maximum atomic E-state index is 12.8. The molecule has 5 nitrogen and oxygen atoms in total. The summed E-state index contributed by atoms with van der Waals surface area (Å²) in [5.74, 6) is 0.694. The molecule has 0 aliphatic heterocycles. The standard InChI is InChI=1S/C17H12ClFN2O3/c18-11-1-8-16(20-9-11)21-17(22)15-7-6-14(24-15)10-23-13-4-2-12(19)3-5-13/h1-9H,10H2,(H,20,21,22). The molecule has 24 heavy (non-hydrogen) atoms. The first-order valence-electron chi connectivity index (χ1n) is 7.00. The van der Waals surface area contributed by atoms with E-state index in [0.717, 1.165) is 0 Å². The summed E-state index contributed by atoms with van der Waals surface area (Å²) in [6.45, 7) is 0.123. The molecule has 0 aliphatic rings. The first-order valence-corrected chi connectivity index (χ1v) is 7.38. The van der Waals surface area contributed by atoms with Crippen LogP contribution in [0.5, 0.6) is 5.75 Å². The van der Waals surface area contributed by atoms with Crippen molar-refractivity contribution in [2.75, 3.05) is 5.32 Å².